The van der Waals surface area contributed by atoms with E-state index in [-0.39, 0.29) is 12.0 Å². The Balaban J connectivity index is 1.76. The van der Waals surface area contributed by atoms with Crippen LogP contribution < -0.4 is 10.6 Å². The van der Waals surface area contributed by atoms with E-state index in [1.165, 1.54) is 0 Å². The quantitative estimate of drug-likeness (QED) is 0.608. The lowest BCUT2D eigenvalue weighted by Gasteiger charge is -2.15. The summed E-state index contributed by atoms with van der Waals surface area (Å²) in [4.78, 5) is 17.2. The van der Waals surface area contributed by atoms with Crippen LogP contribution in [0.15, 0.2) is 47.5 Å². The number of aryl methyl sites for hydroxylation is 2. The first kappa shape index (κ1) is 19.4. The molecule has 2 aromatic rings. The molecular formula is C21H24ClN3O2. The molecular weight excluding hydrogens is 362 g/mol. The molecule has 1 atom stereocenters. The number of amides is 1. The number of anilines is 1. The highest BCUT2D eigenvalue weighted by Crippen LogP contribution is 2.19. The summed E-state index contributed by atoms with van der Waals surface area (Å²) in [5.41, 5.74) is 3.50. The highest BCUT2D eigenvalue weighted by Gasteiger charge is 2.16. The molecule has 1 saturated heterocycles. The normalized spacial score (nSPS) is 17.0. The number of hydrogen-bond acceptors (Lipinski definition) is 3. The van der Waals surface area contributed by atoms with Gasteiger partial charge in [-0.15, -0.1) is 0 Å². The second-order valence-corrected chi connectivity index (χ2v) is 7.17. The van der Waals surface area contributed by atoms with E-state index in [0.29, 0.717) is 23.1 Å². The van der Waals surface area contributed by atoms with Gasteiger partial charge in [0.05, 0.1) is 12.6 Å². The molecule has 142 valence electrons. The third kappa shape index (κ3) is 5.55. The van der Waals surface area contributed by atoms with Gasteiger partial charge >= 0.3 is 0 Å². The van der Waals surface area contributed by atoms with Crippen LogP contribution in [0.1, 0.15) is 34.3 Å². The van der Waals surface area contributed by atoms with Gasteiger partial charge in [0.25, 0.3) is 5.91 Å². The smallest absolute Gasteiger partial charge is 0.257 e. The van der Waals surface area contributed by atoms with Crippen molar-refractivity contribution in [2.45, 2.75) is 32.8 Å². The number of benzene rings is 2. The van der Waals surface area contributed by atoms with Crippen LogP contribution in [-0.2, 0) is 4.74 Å². The molecule has 0 aliphatic carbocycles. The highest BCUT2D eigenvalue weighted by atomic mass is 35.5. The largest absolute Gasteiger partial charge is 0.376 e. The number of carbonyl (C=O) groups is 1. The summed E-state index contributed by atoms with van der Waals surface area (Å²) in [6, 6.07) is 13.0. The van der Waals surface area contributed by atoms with Crippen molar-refractivity contribution in [1.82, 2.24) is 5.32 Å². The van der Waals surface area contributed by atoms with Crippen molar-refractivity contribution in [2.24, 2.45) is 4.99 Å². The molecule has 1 amide bonds. The third-order valence-electron chi connectivity index (χ3n) is 4.46. The monoisotopic (exact) mass is 385 g/mol. The average molecular weight is 386 g/mol. The van der Waals surface area contributed by atoms with E-state index in [1.54, 1.807) is 18.2 Å². The number of guanidine groups is 1. The van der Waals surface area contributed by atoms with Crippen molar-refractivity contribution >= 4 is 29.2 Å². The number of ether oxygens (including phenoxy) is 1. The van der Waals surface area contributed by atoms with E-state index in [1.807, 2.05) is 38.1 Å². The molecule has 5 nitrogen and oxygen atoms in total. The number of nitrogens with one attached hydrogen (secondary N) is 2. The minimum Gasteiger partial charge on any atom is -0.376 e. The van der Waals surface area contributed by atoms with Gasteiger partial charge in [0.2, 0.25) is 5.96 Å². The lowest BCUT2D eigenvalue weighted by molar-refractivity contribution is 0.0975. The first-order valence-electron chi connectivity index (χ1n) is 9.08. The maximum absolute atomic E-state index is 12.6. The van der Waals surface area contributed by atoms with E-state index >= 15 is 0 Å². The molecule has 0 saturated carbocycles. The highest BCUT2D eigenvalue weighted by molar-refractivity contribution is 6.30. The van der Waals surface area contributed by atoms with Crippen molar-refractivity contribution in [2.75, 3.05) is 18.5 Å². The molecule has 2 N–H and O–H groups in total. The van der Waals surface area contributed by atoms with Crippen molar-refractivity contribution in [3.05, 3.63) is 64.2 Å². The zero-order valence-electron chi connectivity index (χ0n) is 15.6. The molecule has 2 aromatic carbocycles. The van der Waals surface area contributed by atoms with Gasteiger partial charge in [-0.05, 0) is 62.6 Å². The van der Waals surface area contributed by atoms with Gasteiger partial charge in [-0.3, -0.25) is 10.1 Å². The summed E-state index contributed by atoms with van der Waals surface area (Å²) >= 11 is 6.03. The molecule has 27 heavy (non-hydrogen) atoms. The van der Waals surface area contributed by atoms with Gasteiger partial charge in [-0.25, -0.2) is 4.99 Å². The molecule has 0 radical (unpaired) electrons. The van der Waals surface area contributed by atoms with Crippen LogP contribution in [0.25, 0.3) is 0 Å². The Morgan fingerprint density at radius 2 is 2.00 bits per heavy atom. The standard InChI is InChI=1S/C21H24ClN3O2/c1-14-5-7-16(8-6-14)20(26)25-21(23-13-18-4-3-11-27-18)24-19-10-9-17(22)12-15(19)2/h5-10,12,18H,3-4,11,13H2,1-2H3,(H2,23,24,25,26). The fourth-order valence-corrected chi connectivity index (χ4v) is 3.10. The molecule has 0 aromatic heterocycles. The van der Waals surface area contributed by atoms with E-state index in [9.17, 15) is 4.79 Å². The third-order valence-corrected chi connectivity index (χ3v) is 4.70. The van der Waals surface area contributed by atoms with E-state index in [2.05, 4.69) is 15.6 Å². The van der Waals surface area contributed by atoms with Crippen LogP contribution in [-0.4, -0.2) is 31.1 Å². The van der Waals surface area contributed by atoms with Gasteiger partial charge in [0.15, 0.2) is 0 Å². The van der Waals surface area contributed by atoms with Crippen LogP contribution in [0.3, 0.4) is 0 Å². The topological polar surface area (TPSA) is 62.7 Å². The lowest BCUT2D eigenvalue weighted by Crippen LogP contribution is -2.37. The lowest BCUT2D eigenvalue weighted by atomic mass is 10.1. The molecule has 0 spiro atoms. The van der Waals surface area contributed by atoms with Crippen LogP contribution in [0.5, 0.6) is 0 Å². The predicted octanol–water partition coefficient (Wildman–Crippen LogP) is 4.33. The number of halogens is 1. The zero-order chi connectivity index (χ0) is 19.2. The predicted molar refractivity (Wildman–Crippen MR) is 110 cm³/mol. The Morgan fingerprint density at radius 1 is 1.22 bits per heavy atom. The van der Waals surface area contributed by atoms with Crippen molar-refractivity contribution in [1.29, 1.82) is 0 Å². The second-order valence-electron chi connectivity index (χ2n) is 6.73. The summed E-state index contributed by atoms with van der Waals surface area (Å²) in [5, 5.41) is 6.76. The summed E-state index contributed by atoms with van der Waals surface area (Å²) < 4.78 is 5.63. The van der Waals surface area contributed by atoms with Gasteiger partial charge in [0, 0.05) is 22.9 Å². The SMILES string of the molecule is Cc1ccc(C(=O)NC(=NCC2CCCO2)Nc2ccc(Cl)cc2C)cc1. The van der Waals surface area contributed by atoms with Crippen molar-refractivity contribution in [3.63, 3.8) is 0 Å². The van der Waals surface area contributed by atoms with Crippen LogP contribution in [0.4, 0.5) is 5.69 Å². The maximum Gasteiger partial charge on any atom is 0.257 e. The first-order chi connectivity index (χ1) is 13.0. The Bertz CT molecular complexity index is 828. The number of aliphatic imine (C=N–C) groups is 1. The van der Waals surface area contributed by atoms with Gasteiger partial charge in [0.1, 0.15) is 0 Å². The molecule has 3 rings (SSSR count). The summed E-state index contributed by atoms with van der Waals surface area (Å²) in [5.74, 6) is 0.196. The van der Waals surface area contributed by atoms with Crippen LogP contribution in [0, 0.1) is 13.8 Å². The minimum atomic E-state index is -0.208. The zero-order valence-corrected chi connectivity index (χ0v) is 16.3. The Kier molecular flexibility index (Phi) is 6.48. The minimum absolute atomic E-state index is 0.101. The number of nitrogens with zero attached hydrogens (tertiary/aromatic N) is 1. The molecule has 1 unspecified atom stereocenters. The summed E-state index contributed by atoms with van der Waals surface area (Å²) in [6.45, 7) is 5.22. The fourth-order valence-electron chi connectivity index (χ4n) is 2.87. The van der Waals surface area contributed by atoms with E-state index in [0.717, 1.165) is 36.3 Å². The summed E-state index contributed by atoms with van der Waals surface area (Å²) in [6.07, 6.45) is 2.14. The van der Waals surface area contributed by atoms with E-state index in [4.69, 9.17) is 16.3 Å². The maximum atomic E-state index is 12.6. The average Bonchev–Trinajstić information content (AvgIpc) is 3.16. The van der Waals surface area contributed by atoms with Crippen molar-refractivity contribution in [3.8, 4) is 0 Å². The molecule has 0 bridgehead atoms. The first-order valence-corrected chi connectivity index (χ1v) is 9.46. The van der Waals surface area contributed by atoms with Gasteiger partial charge in [-0.1, -0.05) is 29.3 Å². The van der Waals surface area contributed by atoms with Crippen LogP contribution in [0.2, 0.25) is 5.02 Å². The number of hydrogen-bond donors (Lipinski definition) is 2. The Labute approximate surface area is 164 Å². The second kappa shape index (κ2) is 9.02. The molecule has 1 heterocycles. The summed E-state index contributed by atoms with van der Waals surface area (Å²) in [7, 11) is 0. The Hall–Kier alpha value is -2.37. The molecule has 6 heteroatoms. The van der Waals surface area contributed by atoms with Crippen molar-refractivity contribution < 1.29 is 9.53 Å². The number of carbonyl (C=O) groups excluding carboxylic acids is 1. The van der Waals surface area contributed by atoms with E-state index < -0.39 is 0 Å². The molecule has 1 fully saturated rings. The van der Waals surface area contributed by atoms with Gasteiger partial charge < -0.3 is 10.1 Å². The molecule has 1 aliphatic heterocycles. The number of rotatable bonds is 4. The van der Waals surface area contributed by atoms with Crippen LogP contribution >= 0.6 is 11.6 Å². The van der Waals surface area contributed by atoms with Gasteiger partial charge in [-0.2, -0.15) is 0 Å². The Morgan fingerprint density at radius 3 is 2.67 bits per heavy atom. The fraction of sp³-hybridized carbons (Fsp3) is 0.333. The molecule has 1 aliphatic rings.